The molecule has 86 valence electrons. The summed E-state index contributed by atoms with van der Waals surface area (Å²) in [7, 11) is 1.74. The Hall–Kier alpha value is -1.78. The number of hydrogen-bond acceptors (Lipinski definition) is 3. The van der Waals surface area contributed by atoms with E-state index in [-0.39, 0.29) is 17.9 Å². The van der Waals surface area contributed by atoms with Gasteiger partial charge in [0.2, 0.25) is 5.91 Å². The Kier molecular flexibility index (Phi) is 2.94. The van der Waals surface area contributed by atoms with Gasteiger partial charge in [-0.1, -0.05) is 0 Å². The molecule has 1 aromatic heterocycles. The summed E-state index contributed by atoms with van der Waals surface area (Å²) in [5.41, 5.74) is 0. The van der Waals surface area contributed by atoms with Crippen molar-refractivity contribution in [1.82, 2.24) is 10.2 Å². The zero-order valence-corrected chi connectivity index (χ0v) is 9.10. The van der Waals surface area contributed by atoms with Gasteiger partial charge in [0.1, 0.15) is 0 Å². The fourth-order valence-corrected chi connectivity index (χ4v) is 1.79. The smallest absolute Gasteiger partial charge is 0.287 e. The minimum atomic E-state index is -0.224. The van der Waals surface area contributed by atoms with Gasteiger partial charge < -0.3 is 14.6 Å². The molecule has 2 amide bonds. The number of hydrogen-bond donors (Lipinski definition) is 1. The molecule has 5 heteroatoms. The molecule has 2 heterocycles. The molecule has 0 aliphatic carbocycles. The van der Waals surface area contributed by atoms with Crippen LogP contribution in [-0.2, 0) is 4.79 Å². The number of nitrogens with zero attached hydrogens (tertiary/aromatic N) is 1. The maximum absolute atomic E-state index is 11.7. The highest BCUT2D eigenvalue weighted by Gasteiger charge is 2.24. The van der Waals surface area contributed by atoms with Crippen molar-refractivity contribution in [2.24, 2.45) is 0 Å². The first-order chi connectivity index (χ1) is 7.66. The number of amides is 2. The van der Waals surface area contributed by atoms with E-state index in [4.69, 9.17) is 4.42 Å². The van der Waals surface area contributed by atoms with Crippen LogP contribution in [0.1, 0.15) is 23.4 Å². The summed E-state index contributed by atoms with van der Waals surface area (Å²) in [5, 5.41) is 2.85. The summed E-state index contributed by atoms with van der Waals surface area (Å²) in [4.78, 5) is 24.5. The number of furan rings is 1. The van der Waals surface area contributed by atoms with Crippen LogP contribution in [0.3, 0.4) is 0 Å². The van der Waals surface area contributed by atoms with Crippen LogP contribution in [-0.4, -0.2) is 36.3 Å². The van der Waals surface area contributed by atoms with Crippen LogP contribution in [0.25, 0.3) is 0 Å². The van der Waals surface area contributed by atoms with Crippen molar-refractivity contribution >= 4 is 11.8 Å². The van der Waals surface area contributed by atoms with Crippen molar-refractivity contribution in [3.05, 3.63) is 24.2 Å². The van der Waals surface area contributed by atoms with Crippen LogP contribution in [0.5, 0.6) is 0 Å². The third-order valence-electron chi connectivity index (χ3n) is 2.71. The molecule has 1 atom stereocenters. The Morgan fingerprint density at radius 2 is 2.44 bits per heavy atom. The van der Waals surface area contributed by atoms with E-state index in [2.05, 4.69) is 5.32 Å². The van der Waals surface area contributed by atoms with Gasteiger partial charge in [-0.25, -0.2) is 0 Å². The van der Waals surface area contributed by atoms with E-state index >= 15 is 0 Å². The summed E-state index contributed by atoms with van der Waals surface area (Å²) >= 11 is 0. The van der Waals surface area contributed by atoms with Gasteiger partial charge in [0.05, 0.1) is 6.26 Å². The molecule has 1 aliphatic heterocycles. The standard InChI is InChI=1S/C11H14N2O3/c1-13-7-8(4-5-10(13)14)12-11(15)9-3-2-6-16-9/h2-3,6,8H,4-5,7H2,1H3,(H,12,15). The molecule has 5 nitrogen and oxygen atoms in total. The lowest BCUT2D eigenvalue weighted by Crippen LogP contribution is -2.48. The van der Waals surface area contributed by atoms with Gasteiger partial charge in [0, 0.05) is 26.1 Å². The van der Waals surface area contributed by atoms with Crippen molar-refractivity contribution in [1.29, 1.82) is 0 Å². The van der Waals surface area contributed by atoms with Gasteiger partial charge in [0.15, 0.2) is 5.76 Å². The van der Waals surface area contributed by atoms with Gasteiger partial charge >= 0.3 is 0 Å². The van der Waals surface area contributed by atoms with E-state index in [0.29, 0.717) is 25.1 Å². The van der Waals surface area contributed by atoms with Gasteiger partial charge in [-0.3, -0.25) is 9.59 Å². The predicted octanol–water partition coefficient (Wildman–Crippen LogP) is 0.630. The molecular formula is C11H14N2O3. The maximum Gasteiger partial charge on any atom is 0.287 e. The van der Waals surface area contributed by atoms with Gasteiger partial charge in [-0.15, -0.1) is 0 Å². The van der Waals surface area contributed by atoms with E-state index < -0.39 is 0 Å². The van der Waals surface area contributed by atoms with Gasteiger partial charge in [-0.05, 0) is 18.6 Å². The number of likely N-dealkylation sites (N-methyl/N-ethyl adjacent to an activating group) is 1. The molecule has 0 saturated carbocycles. The SMILES string of the molecule is CN1CC(NC(=O)c2ccco2)CCC1=O. The molecule has 0 radical (unpaired) electrons. The first-order valence-corrected chi connectivity index (χ1v) is 5.25. The molecule has 0 bridgehead atoms. The van der Waals surface area contributed by atoms with E-state index in [9.17, 15) is 9.59 Å². The summed E-state index contributed by atoms with van der Waals surface area (Å²) in [6, 6.07) is 3.30. The zero-order valence-electron chi connectivity index (χ0n) is 9.10. The lowest BCUT2D eigenvalue weighted by atomic mass is 10.1. The number of rotatable bonds is 2. The Bertz CT molecular complexity index is 386. The number of nitrogens with one attached hydrogen (secondary N) is 1. The fraction of sp³-hybridized carbons (Fsp3) is 0.455. The quantitative estimate of drug-likeness (QED) is 0.798. The molecule has 1 saturated heterocycles. The first-order valence-electron chi connectivity index (χ1n) is 5.25. The van der Waals surface area contributed by atoms with Crippen LogP contribution in [0.2, 0.25) is 0 Å². The van der Waals surface area contributed by atoms with E-state index in [0.717, 1.165) is 0 Å². The van der Waals surface area contributed by atoms with Gasteiger partial charge in [0.25, 0.3) is 5.91 Å². The molecule has 1 fully saturated rings. The van der Waals surface area contributed by atoms with E-state index in [1.165, 1.54) is 6.26 Å². The Balaban J connectivity index is 1.91. The molecule has 1 unspecified atom stereocenters. The van der Waals surface area contributed by atoms with E-state index in [1.807, 2.05) is 0 Å². The number of likely N-dealkylation sites (tertiary alicyclic amines) is 1. The van der Waals surface area contributed by atoms with Gasteiger partial charge in [-0.2, -0.15) is 0 Å². The highest BCUT2D eigenvalue weighted by atomic mass is 16.3. The second-order valence-corrected chi connectivity index (χ2v) is 3.96. The first kappa shape index (κ1) is 10.7. The minimum Gasteiger partial charge on any atom is -0.459 e. The van der Waals surface area contributed by atoms with Crippen molar-refractivity contribution in [2.75, 3.05) is 13.6 Å². The molecule has 0 aromatic carbocycles. The number of carbonyl (C=O) groups is 2. The van der Waals surface area contributed by atoms with Crippen molar-refractivity contribution in [3.8, 4) is 0 Å². The highest BCUT2D eigenvalue weighted by Crippen LogP contribution is 2.10. The average molecular weight is 222 g/mol. The van der Waals surface area contributed by atoms with Crippen LogP contribution in [0, 0.1) is 0 Å². The van der Waals surface area contributed by atoms with Crippen LogP contribution in [0.15, 0.2) is 22.8 Å². The normalized spacial score (nSPS) is 20.9. The Morgan fingerprint density at radius 3 is 3.06 bits per heavy atom. The average Bonchev–Trinajstić information content (AvgIpc) is 2.77. The number of piperidine rings is 1. The number of carbonyl (C=O) groups excluding carboxylic acids is 2. The van der Waals surface area contributed by atoms with Crippen molar-refractivity contribution in [2.45, 2.75) is 18.9 Å². The highest BCUT2D eigenvalue weighted by molar-refractivity contribution is 5.91. The maximum atomic E-state index is 11.7. The summed E-state index contributed by atoms with van der Waals surface area (Å²) in [6.45, 7) is 0.561. The topological polar surface area (TPSA) is 62.6 Å². The molecule has 16 heavy (non-hydrogen) atoms. The molecular weight excluding hydrogens is 208 g/mol. The Morgan fingerprint density at radius 1 is 1.62 bits per heavy atom. The van der Waals surface area contributed by atoms with Crippen LogP contribution >= 0.6 is 0 Å². The fourth-order valence-electron chi connectivity index (χ4n) is 1.79. The third kappa shape index (κ3) is 2.24. The second-order valence-electron chi connectivity index (χ2n) is 3.96. The summed E-state index contributed by atoms with van der Waals surface area (Å²) in [5.74, 6) is 0.209. The lowest BCUT2D eigenvalue weighted by molar-refractivity contribution is -0.132. The van der Waals surface area contributed by atoms with Crippen LogP contribution < -0.4 is 5.32 Å². The lowest BCUT2D eigenvalue weighted by Gasteiger charge is -2.29. The summed E-state index contributed by atoms with van der Waals surface area (Å²) < 4.78 is 4.99. The Labute approximate surface area is 93.4 Å². The zero-order chi connectivity index (χ0) is 11.5. The molecule has 2 rings (SSSR count). The summed E-state index contributed by atoms with van der Waals surface area (Å²) in [6.07, 6.45) is 2.64. The largest absolute Gasteiger partial charge is 0.459 e. The third-order valence-corrected chi connectivity index (χ3v) is 2.71. The van der Waals surface area contributed by atoms with E-state index in [1.54, 1.807) is 24.1 Å². The van der Waals surface area contributed by atoms with Crippen molar-refractivity contribution < 1.29 is 14.0 Å². The molecule has 0 spiro atoms. The monoisotopic (exact) mass is 222 g/mol. The minimum absolute atomic E-state index is 0.0142. The van der Waals surface area contributed by atoms with Crippen LogP contribution in [0.4, 0.5) is 0 Å². The molecule has 1 N–H and O–H groups in total. The molecule has 1 aromatic rings. The second kappa shape index (κ2) is 4.38. The molecule has 1 aliphatic rings. The predicted molar refractivity (Wildman–Crippen MR) is 56.8 cm³/mol. The van der Waals surface area contributed by atoms with Crippen molar-refractivity contribution in [3.63, 3.8) is 0 Å².